The van der Waals surface area contributed by atoms with Gasteiger partial charge in [0, 0.05) is 25.3 Å². The van der Waals surface area contributed by atoms with Crippen LogP contribution in [0.15, 0.2) is 80.2 Å². The zero-order valence-electron chi connectivity index (χ0n) is 14.2. The minimum Gasteiger partial charge on any atom is -0.465 e. The zero-order chi connectivity index (χ0) is 19.4. The van der Waals surface area contributed by atoms with Crippen LogP contribution in [0.25, 0.3) is 0 Å². The van der Waals surface area contributed by atoms with E-state index in [2.05, 4.69) is 0 Å². The molecule has 3 rings (SSSR count). The number of anilines is 1. The van der Waals surface area contributed by atoms with Gasteiger partial charge in [0.15, 0.2) is 0 Å². The van der Waals surface area contributed by atoms with E-state index >= 15 is 0 Å². The van der Waals surface area contributed by atoms with E-state index in [-0.39, 0.29) is 5.97 Å². The molecule has 0 heterocycles. The van der Waals surface area contributed by atoms with E-state index in [1.807, 2.05) is 48.5 Å². The van der Waals surface area contributed by atoms with E-state index in [1.165, 1.54) is 30.6 Å². The normalized spacial score (nSPS) is 10.6. The number of carbonyl (C=O) groups is 1. The molecule has 3 aromatic carbocycles. The van der Waals surface area contributed by atoms with Gasteiger partial charge in [-0.25, -0.2) is 4.79 Å². The fourth-order valence-electron chi connectivity index (χ4n) is 2.31. The Morgan fingerprint density at radius 3 is 2.26 bits per heavy atom. The number of hydrogen-bond donors (Lipinski definition) is 1. The Bertz CT molecular complexity index is 995. The van der Waals surface area contributed by atoms with Crippen LogP contribution in [0.2, 0.25) is 10.0 Å². The quantitative estimate of drug-likeness (QED) is 0.358. The first-order valence-corrected chi connectivity index (χ1v) is 10.2. The molecule has 0 saturated carbocycles. The lowest BCUT2D eigenvalue weighted by Gasteiger charge is -2.10. The van der Waals surface area contributed by atoms with Gasteiger partial charge in [0.2, 0.25) is 0 Å². The zero-order valence-corrected chi connectivity index (χ0v) is 17.4. The van der Waals surface area contributed by atoms with E-state index in [1.54, 1.807) is 12.1 Å². The van der Waals surface area contributed by atoms with Gasteiger partial charge in [0.05, 0.1) is 22.7 Å². The van der Waals surface area contributed by atoms with Crippen molar-refractivity contribution in [3.63, 3.8) is 0 Å². The summed E-state index contributed by atoms with van der Waals surface area (Å²) >= 11 is 15.0. The van der Waals surface area contributed by atoms with Crippen LogP contribution >= 0.6 is 46.7 Å². The molecule has 0 unspecified atom stereocenters. The number of nitrogen functional groups attached to an aromatic ring is 1. The first-order chi connectivity index (χ1) is 13.0. The molecule has 7 heteroatoms. The second-order valence-corrected chi connectivity index (χ2v) is 8.51. The summed E-state index contributed by atoms with van der Waals surface area (Å²) in [7, 11) is 1.37. The lowest BCUT2D eigenvalue weighted by molar-refractivity contribution is 0.0597. The minimum atomic E-state index is -0.363. The summed E-state index contributed by atoms with van der Waals surface area (Å²) in [4.78, 5) is 15.5. The first-order valence-electron chi connectivity index (χ1n) is 7.85. The summed E-state index contributed by atoms with van der Waals surface area (Å²) in [6.07, 6.45) is 0. The highest BCUT2D eigenvalue weighted by molar-refractivity contribution is 8.00. The van der Waals surface area contributed by atoms with Crippen molar-refractivity contribution in [2.24, 2.45) is 0 Å². The third-order valence-corrected chi connectivity index (χ3v) is 6.51. The monoisotopic (exact) mass is 435 g/mol. The van der Waals surface area contributed by atoms with Crippen LogP contribution in [0, 0.1) is 0 Å². The lowest BCUT2D eigenvalue weighted by Crippen LogP contribution is -2.02. The first kappa shape index (κ1) is 20.0. The third-order valence-electron chi connectivity index (χ3n) is 3.62. The average molecular weight is 436 g/mol. The van der Waals surface area contributed by atoms with Crippen molar-refractivity contribution in [2.75, 3.05) is 12.8 Å². The van der Waals surface area contributed by atoms with E-state index in [9.17, 15) is 4.79 Å². The fraction of sp³-hybridized carbons (Fsp3) is 0.0500. The smallest absolute Gasteiger partial charge is 0.339 e. The van der Waals surface area contributed by atoms with E-state index in [4.69, 9.17) is 33.7 Å². The molecular formula is C20H15Cl2NO2S2. The van der Waals surface area contributed by atoms with Crippen molar-refractivity contribution in [2.45, 2.75) is 19.6 Å². The maximum atomic E-state index is 11.9. The molecule has 3 aromatic rings. The van der Waals surface area contributed by atoms with Crippen LogP contribution in [0.4, 0.5) is 5.69 Å². The largest absolute Gasteiger partial charge is 0.465 e. The van der Waals surface area contributed by atoms with E-state index in [0.717, 1.165) is 19.6 Å². The van der Waals surface area contributed by atoms with Gasteiger partial charge in [-0.3, -0.25) is 0 Å². The topological polar surface area (TPSA) is 52.3 Å². The van der Waals surface area contributed by atoms with Crippen molar-refractivity contribution >= 4 is 58.4 Å². The predicted molar refractivity (Wildman–Crippen MR) is 113 cm³/mol. The molecular weight excluding hydrogens is 421 g/mol. The second kappa shape index (κ2) is 8.93. The molecule has 2 N–H and O–H groups in total. The van der Waals surface area contributed by atoms with Crippen molar-refractivity contribution < 1.29 is 9.53 Å². The van der Waals surface area contributed by atoms with Gasteiger partial charge in [-0.1, -0.05) is 58.9 Å². The average Bonchev–Trinajstić information content (AvgIpc) is 2.66. The SMILES string of the molecule is COC(=O)c1ccccc1Sc1ccc(Sc2ccc(Cl)c(Cl)c2)c(N)c1. The van der Waals surface area contributed by atoms with Crippen LogP contribution in [-0.2, 0) is 4.74 Å². The number of carbonyl (C=O) groups excluding carboxylic acids is 1. The molecule has 0 fully saturated rings. The molecule has 0 aromatic heterocycles. The van der Waals surface area contributed by atoms with Crippen molar-refractivity contribution in [3.8, 4) is 0 Å². The summed E-state index contributed by atoms with van der Waals surface area (Å²) < 4.78 is 4.84. The number of esters is 1. The fourth-order valence-corrected chi connectivity index (χ4v) is 4.54. The van der Waals surface area contributed by atoms with Gasteiger partial charge in [-0.05, 0) is 48.5 Å². The summed E-state index contributed by atoms with van der Waals surface area (Å²) in [5.41, 5.74) is 7.40. The summed E-state index contributed by atoms with van der Waals surface area (Å²) in [6, 6.07) is 18.6. The summed E-state index contributed by atoms with van der Waals surface area (Å²) in [5, 5.41) is 1.02. The Morgan fingerprint density at radius 1 is 0.889 bits per heavy atom. The predicted octanol–water partition coefficient (Wildman–Crippen LogP) is 6.66. The molecule has 0 aliphatic rings. The molecule has 0 saturated heterocycles. The Kier molecular flexibility index (Phi) is 6.60. The van der Waals surface area contributed by atoms with Gasteiger partial charge in [-0.2, -0.15) is 0 Å². The third kappa shape index (κ3) is 4.93. The van der Waals surface area contributed by atoms with Gasteiger partial charge in [0.25, 0.3) is 0 Å². The van der Waals surface area contributed by atoms with E-state index < -0.39 is 0 Å². The van der Waals surface area contributed by atoms with Crippen molar-refractivity contribution in [3.05, 3.63) is 76.3 Å². The highest BCUT2D eigenvalue weighted by Crippen LogP contribution is 2.38. The number of methoxy groups -OCH3 is 1. The second-order valence-electron chi connectivity index (χ2n) is 5.47. The van der Waals surface area contributed by atoms with Gasteiger partial charge in [0.1, 0.15) is 0 Å². The maximum Gasteiger partial charge on any atom is 0.339 e. The van der Waals surface area contributed by atoms with Crippen LogP contribution in [-0.4, -0.2) is 13.1 Å². The lowest BCUT2D eigenvalue weighted by atomic mass is 10.2. The Labute approximate surface area is 176 Å². The summed E-state index contributed by atoms with van der Waals surface area (Å²) in [5.74, 6) is -0.363. The molecule has 0 aliphatic heterocycles. The molecule has 0 atom stereocenters. The van der Waals surface area contributed by atoms with Crippen LogP contribution in [0.3, 0.4) is 0 Å². The van der Waals surface area contributed by atoms with Gasteiger partial charge in [-0.15, -0.1) is 0 Å². The Hall–Kier alpha value is -1.79. The van der Waals surface area contributed by atoms with Crippen LogP contribution in [0.1, 0.15) is 10.4 Å². The van der Waals surface area contributed by atoms with E-state index in [0.29, 0.717) is 21.3 Å². The minimum absolute atomic E-state index is 0.363. The van der Waals surface area contributed by atoms with Gasteiger partial charge >= 0.3 is 5.97 Å². The molecule has 0 spiro atoms. The summed E-state index contributed by atoms with van der Waals surface area (Å²) in [6.45, 7) is 0. The van der Waals surface area contributed by atoms with Gasteiger partial charge < -0.3 is 10.5 Å². The van der Waals surface area contributed by atoms with Crippen LogP contribution in [0.5, 0.6) is 0 Å². The molecule has 0 bridgehead atoms. The molecule has 0 radical (unpaired) electrons. The number of halogens is 2. The number of hydrogen-bond acceptors (Lipinski definition) is 5. The Balaban J connectivity index is 1.81. The highest BCUT2D eigenvalue weighted by atomic mass is 35.5. The maximum absolute atomic E-state index is 11.9. The highest BCUT2D eigenvalue weighted by Gasteiger charge is 2.13. The number of benzene rings is 3. The molecule has 27 heavy (non-hydrogen) atoms. The number of rotatable bonds is 5. The van der Waals surface area contributed by atoms with Crippen molar-refractivity contribution in [1.29, 1.82) is 0 Å². The molecule has 0 amide bonds. The number of ether oxygens (including phenoxy) is 1. The molecule has 138 valence electrons. The molecule has 0 aliphatic carbocycles. The number of nitrogens with two attached hydrogens (primary N) is 1. The van der Waals surface area contributed by atoms with Crippen molar-refractivity contribution in [1.82, 2.24) is 0 Å². The standard InChI is InChI=1S/C20H15Cl2NO2S2/c1-25-20(24)14-4-2-3-5-18(14)26-13-7-9-19(17(23)11-13)27-12-6-8-15(21)16(22)10-12/h2-11H,23H2,1H3. The molecule has 3 nitrogen and oxygen atoms in total. The van der Waals surface area contributed by atoms with Crippen LogP contribution < -0.4 is 5.73 Å². The Morgan fingerprint density at radius 2 is 1.56 bits per heavy atom.